The first kappa shape index (κ1) is 6.90. The molecule has 0 atom stereocenters. The van der Waals surface area contributed by atoms with Crippen molar-refractivity contribution in [1.29, 1.82) is 0 Å². The molecule has 0 aliphatic rings. The Morgan fingerprint density at radius 3 is 3.00 bits per heavy atom. The highest BCUT2D eigenvalue weighted by atomic mass is 16.5. The highest BCUT2D eigenvalue weighted by Crippen LogP contribution is 2.21. The molecular weight excluding hydrogens is 158 g/mol. The molecule has 0 aromatic carbocycles. The van der Waals surface area contributed by atoms with Crippen LogP contribution < -0.4 is 5.32 Å². The number of anilines is 1. The lowest BCUT2D eigenvalue weighted by Gasteiger charge is -1.89. The van der Waals surface area contributed by atoms with Gasteiger partial charge >= 0.3 is 0 Å². The second-order valence-electron chi connectivity index (χ2n) is 2.11. The van der Waals surface area contributed by atoms with Gasteiger partial charge in [-0.1, -0.05) is 5.16 Å². The zero-order chi connectivity index (χ0) is 8.39. The maximum atomic E-state index is 5.25. The van der Waals surface area contributed by atoms with Crippen LogP contribution >= 0.6 is 0 Å². The molecule has 12 heavy (non-hydrogen) atoms. The molecule has 0 aliphatic carbocycles. The third kappa shape index (κ3) is 1.05. The maximum absolute atomic E-state index is 5.25. The van der Waals surface area contributed by atoms with Gasteiger partial charge in [-0.3, -0.25) is 0 Å². The van der Waals surface area contributed by atoms with Crippen LogP contribution in [0.1, 0.15) is 0 Å². The first-order valence-electron chi connectivity index (χ1n) is 3.38. The van der Waals surface area contributed by atoms with E-state index in [0.29, 0.717) is 17.5 Å². The highest BCUT2D eigenvalue weighted by Gasteiger charge is 2.08. The summed E-state index contributed by atoms with van der Waals surface area (Å²) in [6, 6.07) is 3.52. The van der Waals surface area contributed by atoms with Crippen LogP contribution in [-0.2, 0) is 0 Å². The molecule has 2 aromatic heterocycles. The average molecular weight is 164 g/mol. The number of furan rings is 1. The Bertz CT molecular complexity index is 352. The molecule has 5 heteroatoms. The third-order valence-corrected chi connectivity index (χ3v) is 1.39. The number of aromatic nitrogens is 2. The van der Waals surface area contributed by atoms with E-state index in [1.807, 2.05) is 0 Å². The molecule has 1 radical (unpaired) electrons. The summed E-state index contributed by atoms with van der Waals surface area (Å²) < 4.78 is 9.99. The second kappa shape index (κ2) is 2.69. The predicted molar refractivity (Wildman–Crippen MR) is 40.4 cm³/mol. The molecule has 2 rings (SSSR count). The molecule has 0 aliphatic heterocycles. The SMILES string of the molecule is CNc1ccc(-c2n[c]no2)o1. The van der Waals surface area contributed by atoms with Gasteiger partial charge in [-0.15, -0.1) is 0 Å². The van der Waals surface area contributed by atoms with Crippen LogP contribution in [-0.4, -0.2) is 17.2 Å². The minimum atomic E-state index is 0.330. The summed E-state index contributed by atoms with van der Waals surface area (Å²) in [7, 11) is 1.77. The normalized spacial score (nSPS) is 10.1. The second-order valence-corrected chi connectivity index (χ2v) is 2.11. The molecule has 0 spiro atoms. The van der Waals surface area contributed by atoms with Gasteiger partial charge in [-0.2, -0.15) is 4.98 Å². The van der Waals surface area contributed by atoms with Crippen LogP contribution in [0.25, 0.3) is 11.7 Å². The van der Waals surface area contributed by atoms with Crippen LogP contribution in [0.15, 0.2) is 21.1 Å². The van der Waals surface area contributed by atoms with Crippen LogP contribution in [0, 0.1) is 6.33 Å². The molecule has 0 amide bonds. The minimum absolute atomic E-state index is 0.330. The van der Waals surface area contributed by atoms with Crippen molar-refractivity contribution in [2.75, 3.05) is 12.4 Å². The quantitative estimate of drug-likeness (QED) is 0.721. The molecule has 0 bridgehead atoms. The van der Waals surface area contributed by atoms with Gasteiger partial charge in [-0.05, 0) is 6.07 Å². The van der Waals surface area contributed by atoms with E-state index in [0.717, 1.165) is 0 Å². The fourth-order valence-electron chi connectivity index (χ4n) is 0.837. The van der Waals surface area contributed by atoms with Crippen molar-refractivity contribution in [3.63, 3.8) is 0 Å². The number of nitrogens with zero attached hydrogens (tertiary/aromatic N) is 2. The van der Waals surface area contributed by atoms with E-state index in [2.05, 4.69) is 21.8 Å². The van der Waals surface area contributed by atoms with E-state index in [4.69, 9.17) is 8.94 Å². The number of hydrogen-bond donors (Lipinski definition) is 1. The first-order valence-corrected chi connectivity index (χ1v) is 3.38. The molecular formula is C7H6N3O2. The summed E-state index contributed by atoms with van der Waals surface area (Å²) in [6.45, 7) is 0. The van der Waals surface area contributed by atoms with Gasteiger partial charge in [0.15, 0.2) is 11.6 Å². The topological polar surface area (TPSA) is 64.1 Å². The Morgan fingerprint density at radius 2 is 2.42 bits per heavy atom. The van der Waals surface area contributed by atoms with E-state index in [-0.39, 0.29) is 0 Å². The van der Waals surface area contributed by atoms with E-state index in [1.54, 1.807) is 19.2 Å². The van der Waals surface area contributed by atoms with Crippen molar-refractivity contribution < 1.29 is 8.94 Å². The lowest BCUT2D eigenvalue weighted by Crippen LogP contribution is -1.82. The average Bonchev–Trinajstić information content (AvgIpc) is 2.75. The Balaban J connectivity index is 2.35. The first-order chi connectivity index (χ1) is 5.90. The molecule has 0 fully saturated rings. The molecule has 61 valence electrons. The third-order valence-electron chi connectivity index (χ3n) is 1.39. The summed E-state index contributed by atoms with van der Waals surface area (Å²) in [5, 5.41) is 6.18. The van der Waals surface area contributed by atoms with Crippen LogP contribution in [0.4, 0.5) is 5.88 Å². The van der Waals surface area contributed by atoms with E-state index in [9.17, 15) is 0 Å². The lowest BCUT2D eigenvalue weighted by molar-refractivity contribution is 0.415. The summed E-state index contributed by atoms with van der Waals surface area (Å²) in [4.78, 5) is 3.71. The number of hydrogen-bond acceptors (Lipinski definition) is 5. The van der Waals surface area contributed by atoms with Crippen LogP contribution in [0.3, 0.4) is 0 Å². The van der Waals surface area contributed by atoms with Crippen LogP contribution in [0.2, 0.25) is 0 Å². The Labute approximate surface area is 68.4 Å². The fraction of sp³-hybridized carbons (Fsp3) is 0.143. The van der Waals surface area contributed by atoms with Gasteiger partial charge in [0, 0.05) is 13.1 Å². The Hall–Kier alpha value is -1.78. The number of nitrogens with one attached hydrogen (secondary N) is 1. The van der Waals surface area contributed by atoms with Crippen molar-refractivity contribution in [2.24, 2.45) is 0 Å². The standard InChI is InChI=1S/C7H6N3O2/c1-8-6-3-2-5(11-6)7-9-4-10-12-7/h2-3,8H,1H3. The zero-order valence-corrected chi connectivity index (χ0v) is 6.37. The summed E-state index contributed by atoms with van der Waals surface area (Å²) in [5.74, 6) is 1.52. The molecule has 5 nitrogen and oxygen atoms in total. The number of rotatable bonds is 2. The van der Waals surface area contributed by atoms with Crippen molar-refractivity contribution in [2.45, 2.75) is 0 Å². The maximum Gasteiger partial charge on any atom is 0.294 e. The largest absolute Gasteiger partial charge is 0.436 e. The van der Waals surface area contributed by atoms with E-state index >= 15 is 0 Å². The molecule has 2 aromatic rings. The van der Waals surface area contributed by atoms with Gasteiger partial charge in [0.05, 0.1) is 0 Å². The van der Waals surface area contributed by atoms with Gasteiger partial charge < -0.3 is 14.3 Å². The van der Waals surface area contributed by atoms with Gasteiger partial charge in [-0.25, -0.2) is 0 Å². The molecule has 0 saturated heterocycles. The monoisotopic (exact) mass is 164 g/mol. The summed E-state index contributed by atoms with van der Waals surface area (Å²) in [5.41, 5.74) is 0. The predicted octanol–water partition coefficient (Wildman–Crippen LogP) is 1.17. The van der Waals surface area contributed by atoms with Gasteiger partial charge in [0.1, 0.15) is 0 Å². The molecule has 1 N–H and O–H groups in total. The Morgan fingerprint density at radius 1 is 1.50 bits per heavy atom. The molecule has 0 unspecified atom stereocenters. The smallest absolute Gasteiger partial charge is 0.294 e. The van der Waals surface area contributed by atoms with Crippen molar-refractivity contribution in [1.82, 2.24) is 10.1 Å². The minimum Gasteiger partial charge on any atom is -0.436 e. The highest BCUT2D eigenvalue weighted by molar-refractivity contribution is 5.48. The van der Waals surface area contributed by atoms with Crippen molar-refractivity contribution in [3.05, 3.63) is 18.5 Å². The fourth-order valence-corrected chi connectivity index (χ4v) is 0.837. The van der Waals surface area contributed by atoms with Crippen LogP contribution in [0.5, 0.6) is 0 Å². The van der Waals surface area contributed by atoms with Crippen molar-refractivity contribution in [3.8, 4) is 11.7 Å². The molecule has 0 saturated carbocycles. The lowest BCUT2D eigenvalue weighted by atomic mass is 10.4. The zero-order valence-electron chi connectivity index (χ0n) is 6.37. The summed E-state index contributed by atoms with van der Waals surface area (Å²) >= 11 is 0. The Kier molecular flexibility index (Phi) is 1.55. The van der Waals surface area contributed by atoms with Gasteiger partial charge in [0.25, 0.3) is 5.89 Å². The van der Waals surface area contributed by atoms with E-state index < -0.39 is 0 Å². The molecule has 2 heterocycles. The van der Waals surface area contributed by atoms with E-state index in [1.165, 1.54) is 0 Å². The van der Waals surface area contributed by atoms with Crippen molar-refractivity contribution >= 4 is 5.88 Å². The summed E-state index contributed by atoms with van der Waals surface area (Å²) in [6.07, 6.45) is 2.31. The van der Waals surface area contributed by atoms with Gasteiger partial charge in [0.2, 0.25) is 6.33 Å².